The molecule has 2 atom stereocenters. The van der Waals surface area contributed by atoms with E-state index in [0.717, 1.165) is 24.7 Å². The average Bonchev–Trinajstić information content (AvgIpc) is 2.99. The Bertz CT molecular complexity index is 960. The van der Waals surface area contributed by atoms with Crippen LogP contribution in [0.3, 0.4) is 0 Å². The number of pyridine rings is 1. The van der Waals surface area contributed by atoms with Crippen LogP contribution in [0, 0.1) is 0 Å². The number of piperidine rings is 1. The van der Waals surface area contributed by atoms with Gasteiger partial charge in [0.05, 0.1) is 15.4 Å². The highest BCUT2D eigenvalue weighted by Crippen LogP contribution is 2.43. The molecule has 0 bridgehead atoms. The maximum absolute atomic E-state index is 12.8. The van der Waals surface area contributed by atoms with Crippen LogP contribution in [0.1, 0.15) is 23.5 Å². The zero-order chi connectivity index (χ0) is 18.5. The summed E-state index contributed by atoms with van der Waals surface area (Å²) >= 11 is 0. The van der Waals surface area contributed by atoms with Gasteiger partial charge >= 0.3 is 6.18 Å². The number of rotatable bonds is 2. The zero-order valence-electron chi connectivity index (χ0n) is 13.5. The van der Waals surface area contributed by atoms with E-state index in [1.54, 1.807) is 6.07 Å². The molecule has 2 aliphatic rings. The molecule has 2 aromatic rings. The molecule has 2 aliphatic heterocycles. The Morgan fingerprint density at radius 1 is 1.15 bits per heavy atom. The van der Waals surface area contributed by atoms with Crippen molar-refractivity contribution in [2.45, 2.75) is 34.4 Å². The number of ether oxygens (including phenoxy) is 1. The number of halogens is 3. The third-order valence-electron chi connectivity index (χ3n) is 4.75. The molecule has 1 saturated heterocycles. The summed E-state index contributed by atoms with van der Waals surface area (Å²) in [5, 5.41) is 3.22. The first kappa shape index (κ1) is 17.3. The van der Waals surface area contributed by atoms with Gasteiger partial charge in [0, 0.05) is 30.4 Å². The second kappa shape index (κ2) is 5.95. The van der Waals surface area contributed by atoms with Crippen molar-refractivity contribution in [1.82, 2.24) is 10.3 Å². The number of hydrogen-bond donors (Lipinski definition) is 1. The summed E-state index contributed by atoms with van der Waals surface area (Å²) in [4.78, 5) is 2.83. The van der Waals surface area contributed by atoms with E-state index in [1.807, 2.05) is 0 Å². The van der Waals surface area contributed by atoms with E-state index in [9.17, 15) is 21.6 Å². The summed E-state index contributed by atoms with van der Waals surface area (Å²) in [6, 6.07) is 5.10. The van der Waals surface area contributed by atoms with Crippen LogP contribution in [0.2, 0.25) is 0 Å². The molecule has 1 aromatic carbocycles. The summed E-state index contributed by atoms with van der Waals surface area (Å²) in [6.07, 6.45) is -2.30. The van der Waals surface area contributed by atoms with Gasteiger partial charge in [-0.25, -0.2) is 8.42 Å². The largest absolute Gasteiger partial charge is 0.488 e. The van der Waals surface area contributed by atoms with Crippen molar-refractivity contribution >= 4 is 9.84 Å². The second-order valence-electron chi connectivity index (χ2n) is 6.37. The molecule has 138 valence electrons. The lowest BCUT2D eigenvalue weighted by Gasteiger charge is -2.24. The van der Waals surface area contributed by atoms with Crippen molar-refractivity contribution in [3.05, 3.63) is 47.8 Å². The molecule has 1 aromatic heterocycles. The lowest BCUT2D eigenvalue weighted by atomic mass is 9.90. The van der Waals surface area contributed by atoms with Crippen LogP contribution in [-0.2, 0) is 16.0 Å². The van der Waals surface area contributed by atoms with E-state index in [1.165, 1.54) is 12.1 Å². The Labute approximate surface area is 148 Å². The van der Waals surface area contributed by atoms with Crippen LogP contribution in [-0.4, -0.2) is 32.6 Å². The maximum Gasteiger partial charge on any atom is 0.417 e. The Morgan fingerprint density at radius 3 is 2.73 bits per heavy atom. The molecular weight excluding hydrogens is 369 g/mol. The number of nitrogens with one attached hydrogen (secondary N) is 1. The van der Waals surface area contributed by atoms with Gasteiger partial charge in [-0.3, -0.25) is 4.98 Å². The molecule has 0 radical (unpaired) electrons. The molecular formula is C17H15F3N2O3S. The Kier molecular flexibility index (Phi) is 3.96. The number of fused-ring (bicyclic) bond motifs is 3. The van der Waals surface area contributed by atoms with Gasteiger partial charge in [0.15, 0.2) is 0 Å². The fourth-order valence-corrected chi connectivity index (χ4v) is 4.68. The molecule has 2 unspecified atom stereocenters. The lowest BCUT2D eigenvalue weighted by Crippen LogP contribution is -2.39. The predicted molar refractivity (Wildman–Crippen MR) is 85.8 cm³/mol. The lowest BCUT2D eigenvalue weighted by molar-refractivity contribution is -0.138. The number of alkyl halides is 3. The molecule has 0 amide bonds. The molecule has 0 aliphatic carbocycles. The molecule has 1 N–H and O–H groups in total. The molecule has 3 heterocycles. The fraction of sp³-hybridized carbons (Fsp3) is 0.353. The third-order valence-corrected chi connectivity index (χ3v) is 6.47. The minimum atomic E-state index is -4.66. The SMILES string of the molecule is O=S(=O)(c1cncc(C(F)(F)F)c1)c1ccc2c(c1)OC1CNCCC21. The summed E-state index contributed by atoms with van der Waals surface area (Å²) in [7, 11) is -4.13. The number of hydrogen-bond acceptors (Lipinski definition) is 5. The quantitative estimate of drug-likeness (QED) is 0.862. The first-order chi connectivity index (χ1) is 12.3. The molecule has 0 saturated carbocycles. The highest BCUT2D eigenvalue weighted by molar-refractivity contribution is 7.91. The highest BCUT2D eigenvalue weighted by Gasteiger charge is 2.37. The van der Waals surface area contributed by atoms with E-state index < -0.39 is 26.5 Å². The average molecular weight is 384 g/mol. The van der Waals surface area contributed by atoms with Crippen molar-refractivity contribution in [2.24, 2.45) is 0 Å². The molecule has 1 fully saturated rings. The van der Waals surface area contributed by atoms with E-state index in [2.05, 4.69) is 10.3 Å². The van der Waals surface area contributed by atoms with Gasteiger partial charge in [-0.15, -0.1) is 0 Å². The molecule has 4 rings (SSSR count). The summed E-state index contributed by atoms with van der Waals surface area (Å²) in [5.74, 6) is 0.683. The van der Waals surface area contributed by atoms with E-state index in [4.69, 9.17) is 4.74 Å². The van der Waals surface area contributed by atoms with Crippen molar-refractivity contribution in [1.29, 1.82) is 0 Å². The topological polar surface area (TPSA) is 68.3 Å². The summed E-state index contributed by atoms with van der Waals surface area (Å²) in [5.41, 5.74) is -0.161. The van der Waals surface area contributed by atoms with Crippen LogP contribution in [0.4, 0.5) is 13.2 Å². The predicted octanol–water partition coefficient (Wildman–Crippen LogP) is 2.77. The van der Waals surface area contributed by atoms with Crippen LogP contribution >= 0.6 is 0 Å². The highest BCUT2D eigenvalue weighted by atomic mass is 32.2. The number of sulfone groups is 1. The third kappa shape index (κ3) is 2.84. The molecule has 0 spiro atoms. The van der Waals surface area contributed by atoms with Gasteiger partial charge in [0.1, 0.15) is 11.9 Å². The number of nitrogens with zero attached hydrogens (tertiary/aromatic N) is 1. The van der Waals surface area contributed by atoms with Crippen molar-refractivity contribution in [3.63, 3.8) is 0 Å². The minimum Gasteiger partial charge on any atom is -0.488 e. The maximum atomic E-state index is 12.8. The van der Waals surface area contributed by atoms with E-state index in [0.29, 0.717) is 24.6 Å². The van der Waals surface area contributed by atoms with Crippen LogP contribution in [0.5, 0.6) is 5.75 Å². The van der Waals surface area contributed by atoms with Gasteiger partial charge in [-0.05, 0) is 31.2 Å². The Morgan fingerprint density at radius 2 is 1.96 bits per heavy atom. The summed E-state index contributed by atoms with van der Waals surface area (Å²) in [6.45, 7) is 1.54. The monoisotopic (exact) mass is 384 g/mol. The first-order valence-corrected chi connectivity index (χ1v) is 9.54. The van der Waals surface area contributed by atoms with E-state index >= 15 is 0 Å². The molecule has 5 nitrogen and oxygen atoms in total. The van der Waals surface area contributed by atoms with Crippen LogP contribution in [0.25, 0.3) is 0 Å². The summed E-state index contributed by atoms with van der Waals surface area (Å²) < 4.78 is 69.9. The standard InChI is InChI=1S/C17H15F3N2O3S/c18-17(19,20)10-5-12(8-22-7-10)26(23,24)11-1-2-13-14-3-4-21-9-16(14)25-15(13)6-11/h1-2,5-8,14,16,21H,3-4,9H2. The Hall–Kier alpha value is -2.13. The Balaban J connectivity index is 1.72. The van der Waals surface area contributed by atoms with Crippen molar-refractivity contribution in [2.75, 3.05) is 13.1 Å². The number of benzene rings is 1. The first-order valence-electron chi connectivity index (χ1n) is 8.05. The van der Waals surface area contributed by atoms with Gasteiger partial charge in [0.2, 0.25) is 9.84 Å². The fourth-order valence-electron chi connectivity index (χ4n) is 3.42. The number of aromatic nitrogens is 1. The second-order valence-corrected chi connectivity index (χ2v) is 8.32. The zero-order valence-corrected chi connectivity index (χ0v) is 14.3. The van der Waals surface area contributed by atoms with Crippen LogP contribution < -0.4 is 10.1 Å². The van der Waals surface area contributed by atoms with E-state index in [-0.39, 0.29) is 16.9 Å². The van der Waals surface area contributed by atoms with Gasteiger partial charge in [0.25, 0.3) is 0 Å². The smallest absolute Gasteiger partial charge is 0.417 e. The van der Waals surface area contributed by atoms with Gasteiger partial charge in [-0.1, -0.05) is 6.07 Å². The van der Waals surface area contributed by atoms with Crippen LogP contribution in [0.15, 0.2) is 46.5 Å². The molecule has 9 heteroatoms. The van der Waals surface area contributed by atoms with Crippen molar-refractivity contribution in [3.8, 4) is 5.75 Å². The molecule has 26 heavy (non-hydrogen) atoms. The van der Waals surface area contributed by atoms with Gasteiger partial charge < -0.3 is 10.1 Å². The van der Waals surface area contributed by atoms with Crippen molar-refractivity contribution < 1.29 is 26.3 Å². The van der Waals surface area contributed by atoms with Gasteiger partial charge in [-0.2, -0.15) is 13.2 Å². The minimum absolute atomic E-state index is 0.0491. The normalized spacial score (nSPS) is 22.4.